The zero-order chi connectivity index (χ0) is 21.1. The van der Waals surface area contributed by atoms with E-state index in [-0.39, 0.29) is 24.1 Å². The van der Waals surface area contributed by atoms with Crippen molar-refractivity contribution in [1.29, 1.82) is 0 Å². The summed E-state index contributed by atoms with van der Waals surface area (Å²) in [5.41, 5.74) is 2.87. The van der Waals surface area contributed by atoms with E-state index in [9.17, 15) is 14.0 Å². The molecule has 0 aliphatic carbocycles. The van der Waals surface area contributed by atoms with Crippen molar-refractivity contribution < 1.29 is 18.7 Å². The Morgan fingerprint density at radius 1 is 1.10 bits per heavy atom. The monoisotopic (exact) mass is 404 g/mol. The summed E-state index contributed by atoms with van der Waals surface area (Å²) in [5.74, 6) is -0.113. The third-order valence-electron chi connectivity index (χ3n) is 5.21. The minimum Gasteiger partial charge on any atom is -0.497 e. The summed E-state index contributed by atoms with van der Waals surface area (Å²) < 4.78 is 18.7. The first-order valence-corrected chi connectivity index (χ1v) is 9.63. The molecule has 30 heavy (non-hydrogen) atoms. The molecule has 2 amide bonds. The summed E-state index contributed by atoms with van der Waals surface area (Å²) in [6.07, 6.45) is 0.0442. The van der Waals surface area contributed by atoms with Crippen LogP contribution >= 0.6 is 0 Å². The molecule has 1 atom stereocenters. The van der Waals surface area contributed by atoms with Gasteiger partial charge in [-0.15, -0.1) is 0 Å². The average Bonchev–Trinajstić information content (AvgIpc) is 3.09. The second kappa shape index (κ2) is 8.37. The number of nitrogens with one attached hydrogen (secondary N) is 1. The molecule has 0 aromatic heterocycles. The van der Waals surface area contributed by atoms with E-state index in [0.29, 0.717) is 29.1 Å². The molecule has 1 N–H and O–H groups in total. The predicted octanol–water partition coefficient (Wildman–Crippen LogP) is 4.56. The number of anilines is 1. The van der Waals surface area contributed by atoms with Crippen LogP contribution in [0.5, 0.6) is 5.75 Å². The molecule has 0 radical (unpaired) electrons. The van der Waals surface area contributed by atoms with Crippen LogP contribution < -0.4 is 10.1 Å². The molecule has 3 aromatic carbocycles. The Hall–Kier alpha value is -3.67. The molecule has 0 fully saturated rings. The normalized spacial score (nSPS) is 13.7. The Morgan fingerprint density at radius 2 is 1.87 bits per heavy atom. The molecule has 1 heterocycles. The number of carbonyl (C=O) groups excluding carboxylic acids is 2. The fourth-order valence-corrected chi connectivity index (χ4v) is 3.71. The Balaban J connectivity index is 1.59. The maximum absolute atomic E-state index is 13.5. The number of carbonyl (C=O) groups is 2. The van der Waals surface area contributed by atoms with Gasteiger partial charge in [-0.2, -0.15) is 0 Å². The number of methoxy groups -OCH3 is 1. The molecule has 4 rings (SSSR count). The summed E-state index contributed by atoms with van der Waals surface area (Å²) in [5, 5.41) is 2.86. The SMILES string of the molecule is COc1cccc(NC(=O)C[C@H](c2ccc(F)cc2)N2Cc3ccccc3C2=O)c1. The first kappa shape index (κ1) is 19.6. The molecule has 0 saturated carbocycles. The molecular weight excluding hydrogens is 383 g/mol. The fourth-order valence-electron chi connectivity index (χ4n) is 3.71. The maximum Gasteiger partial charge on any atom is 0.255 e. The number of halogens is 1. The number of fused-ring (bicyclic) bond motifs is 1. The van der Waals surface area contributed by atoms with Gasteiger partial charge in [0.1, 0.15) is 11.6 Å². The van der Waals surface area contributed by atoms with Gasteiger partial charge in [-0.3, -0.25) is 9.59 Å². The van der Waals surface area contributed by atoms with Crippen molar-refractivity contribution in [2.45, 2.75) is 19.0 Å². The largest absolute Gasteiger partial charge is 0.497 e. The van der Waals surface area contributed by atoms with Gasteiger partial charge in [0, 0.05) is 23.9 Å². The highest BCUT2D eigenvalue weighted by Gasteiger charge is 2.34. The summed E-state index contributed by atoms with van der Waals surface area (Å²) in [6, 6.07) is 19.9. The summed E-state index contributed by atoms with van der Waals surface area (Å²) >= 11 is 0. The maximum atomic E-state index is 13.5. The molecule has 0 spiro atoms. The average molecular weight is 404 g/mol. The number of ether oxygens (including phenoxy) is 1. The van der Waals surface area contributed by atoms with Crippen LogP contribution in [0, 0.1) is 5.82 Å². The van der Waals surface area contributed by atoms with Crippen LogP contribution in [0.3, 0.4) is 0 Å². The third kappa shape index (κ3) is 4.03. The second-order valence-electron chi connectivity index (χ2n) is 7.14. The van der Waals surface area contributed by atoms with Gasteiger partial charge in [0.15, 0.2) is 0 Å². The van der Waals surface area contributed by atoms with Crippen molar-refractivity contribution in [3.63, 3.8) is 0 Å². The molecule has 3 aromatic rings. The molecule has 152 valence electrons. The highest BCUT2D eigenvalue weighted by molar-refractivity contribution is 5.99. The zero-order valence-corrected chi connectivity index (χ0v) is 16.5. The highest BCUT2D eigenvalue weighted by Crippen LogP contribution is 2.34. The molecule has 0 saturated heterocycles. The lowest BCUT2D eigenvalue weighted by Gasteiger charge is -2.28. The topological polar surface area (TPSA) is 58.6 Å². The van der Waals surface area contributed by atoms with Gasteiger partial charge in [-0.25, -0.2) is 4.39 Å². The van der Waals surface area contributed by atoms with Gasteiger partial charge in [0.2, 0.25) is 5.91 Å². The van der Waals surface area contributed by atoms with Crippen molar-refractivity contribution in [3.8, 4) is 5.75 Å². The van der Waals surface area contributed by atoms with Gasteiger partial charge < -0.3 is 15.0 Å². The lowest BCUT2D eigenvalue weighted by atomic mass is 10.0. The molecule has 1 aliphatic rings. The fraction of sp³-hybridized carbons (Fsp3) is 0.167. The smallest absolute Gasteiger partial charge is 0.255 e. The Kier molecular flexibility index (Phi) is 5.48. The number of benzene rings is 3. The molecule has 0 unspecified atom stereocenters. The standard InChI is InChI=1S/C24H21FN2O3/c1-30-20-7-4-6-19(13-20)26-23(28)14-22(16-9-11-18(25)12-10-16)27-15-17-5-2-3-8-21(17)24(27)29/h2-13,22H,14-15H2,1H3,(H,26,28)/t22-/m1/s1. The van der Waals surface area contributed by atoms with Crippen LogP contribution in [-0.4, -0.2) is 23.8 Å². The van der Waals surface area contributed by atoms with E-state index in [1.807, 2.05) is 18.2 Å². The molecule has 0 bridgehead atoms. The number of hydrogen-bond acceptors (Lipinski definition) is 3. The molecule has 6 heteroatoms. The van der Waals surface area contributed by atoms with Crippen molar-refractivity contribution >= 4 is 17.5 Å². The van der Waals surface area contributed by atoms with Crippen LogP contribution in [-0.2, 0) is 11.3 Å². The molecular formula is C24H21FN2O3. The van der Waals surface area contributed by atoms with E-state index in [1.54, 1.807) is 54.5 Å². The molecule has 1 aliphatic heterocycles. The number of rotatable bonds is 6. The van der Waals surface area contributed by atoms with Crippen LogP contribution in [0.15, 0.2) is 72.8 Å². The Bertz CT molecular complexity index is 1080. The lowest BCUT2D eigenvalue weighted by molar-refractivity contribution is -0.117. The summed E-state index contributed by atoms with van der Waals surface area (Å²) in [4.78, 5) is 27.5. The quantitative estimate of drug-likeness (QED) is 0.655. The minimum absolute atomic E-state index is 0.0442. The van der Waals surface area contributed by atoms with E-state index in [0.717, 1.165) is 5.56 Å². The van der Waals surface area contributed by atoms with Gasteiger partial charge >= 0.3 is 0 Å². The Morgan fingerprint density at radius 3 is 2.60 bits per heavy atom. The van der Waals surface area contributed by atoms with Crippen molar-refractivity contribution in [2.24, 2.45) is 0 Å². The van der Waals surface area contributed by atoms with E-state index in [1.165, 1.54) is 12.1 Å². The van der Waals surface area contributed by atoms with Crippen molar-refractivity contribution in [1.82, 2.24) is 4.90 Å². The number of hydrogen-bond donors (Lipinski definition) is 1. The van der Waals surface area contributed by atoms with E-state index < -0.39 is 6.04 Å². The van der Waals surface area contributed by atoms with Crippen LogP contribution in [0.4, 0.5) is 10.1 Å². The van der Waals surface area contributed by atoms with Gasteiger partial charge in [0.05, 0.1) is 19.6 Å². The first-order chi connectivity index (χ1) is 14.5. The van der Waals surface area contributed by atoms with E-state index in [4.69, 9.17) is 4.74 Å². The molecule has 5 nitrogen and oxygen atoms in total. The predicted molar refractivity (Wildman–Crippen MR) is 112 cm³/mol. The van der Waals surface area contributed by atoms with Crippen LogP contribution in [0.2, 0.25) is 0 Å². The number of nitrogens with zero attached hydrogens (tertiary/aromatic N) is 1. The number of amides is 2. The second-order valence-corrected chi connectivity index (χ2v) is 7.14. The van der Waals surface area contributed by atoms with Crippen molar-refractivity contribution in [3.05, 3.63) is 95.3 Å². The third-order valence-corrected chi connectivity index (χ3v) is 5.21. The lowest BCUT2D eigenvalue weighted by Crippen LogP contribution is -2.32. The van der Waals surface area contributed by atoms with Crippen molar-refractivity contribution in [2.75, 3.05) is 12.4 Å². The highest BCUT2D eigenvalue weighted by atomic mass is 19.1. The zero-order valence-electron chi connectivity index (χ0n) is 16.5. The Labute approximate surface area is 174 Å². The summed E-state index contributed by atoms with van der Waals surface area (Å²) in [6.45, 7) is 0.406. The first-order valence-electron chi connectivity index (χ1n) is 9.63. The minimum atomic E-state index is -0.517. The summed E-state index contributed by atoms with van der Waals surface area (Å²) in [7, 11) is 1.56. The van der Waals surface area contributed by atoms with Gasteiger partial charge in [-0.05, 0) is 41.5 Å². The van der Waals surface area contributed by atoms with Crippen LogP contribution in [0.1, 0.15) is 33.9 Å². The van der Waals surface area contributed by atoms with Gasteiger partial charge in [-0.1, -0.05) is 36.4 Å². The van der Waals surface area contributed by atoms with E-state index in [2.05, 4.69) is 5.32 Å². The van der Waals surface area contributed by atoms with Gasteiger partial charge in [0.25, 0.3) is 5.91 Å². The van der Waals surface area contributed by atoms with E-state index >= 15 is 0 Å². The van der Waals surface area contributed by atoms with Crippen LogP contribution in [0.25, 0.3) is 0 Å².